The van der Waals surface area contributed by atoms with E-state index in [4.69, 9.17) is 4.52 Å². The topological polar surface area (TPSA) is 79.2 Å². The van der Waals surface area contributed by atoms with Gasteiger partial charge < -0.3 is 20.5 Å². The van der Waals surface area contributed by atoms with Crippen LogP contribution in [0.25, 0.3) is 0 Å². The first kappa shape index (κ1) is 21.4. The van der Waals surface area contributed by atoms with Crippen molar-refractivity contribution in [2.45, 2.75) is 89.8 Å². The lowest BCUT2D eigenvalue weighted by Crippen LogP contribution is -2.57. The fourth-order valence-electron chi connectivity index (χ4n) is 6.41. The first-order valence-corrected chi connectivity index (χ1v) is 12.5. The number of hydrogen-bond donors (Lipinski definition) is 3. The number of aryl methyl sites for hydroxylation is 2. The number of fused-ring (bicyclic) bond motifs is 1. The molecule has 1 aromatic carbocycles. The van der Waals surface area contributed by atoms with Crippen LogP contribution in [0.15, 0.2) is 28.8 Å². The number of aromatic nitrogens is 1. The molecule has 1 amide bonds. The minimum atomic E-state index is -0.765. The maximum atomic E-state index is 14.1. The molecule has 3 aliphatic rings. The molecule has 1 atom stereocenters. The van der Waals surface area contributed by atoms with Crippen LogP contribution >= 0.6 is 0 Å². The van der Waals surface area contributed by atoms with Crippen molar-refractivity contribution in [1.82, 2.24) is 10.5 Å². The maximum Gasteiger partial charge on any atom is 0.228 e. The van der Waals surface area contributed by atoms with Gasteiger partial charge in [-0.15, -0.1) is 0 Å². The molecule has 1 aromatic heterocycles. The predicted octanol–water partition coefficient (Wildman–Crippen LogP) is 5.63. The Hall–Kier alpha value is -2.50. The van der Waals surface area contributed by atoms with Crippen LogP contribution in [0.3, 0.4) is 0 Å². The number of para-hydroxylation sites is 2. The molecule has 0 spiro atoms. The number of carbonyl (C=O) groups is 1. The Kier molecular flexibility index (Phi) is 5.87. The second-order valence-electron chi connectivity index (χ2n) is 10.0. The fraction of sp³-hybridized carbons (Fsp3) is 0.615. The number of anilines is 2. The second kappa shape index (κ2) is 8.80. The predicted molar refractivity (Wildman–Crippen MR) is 126 cm³/mol. The number of nitrogens with zero attached hydrogens (tertiary/aromatic N) is 1. The number of nitrogens with one attached hydrogen (secondary N) is 3. The molecule has 1 unspecified atom stereocenters. The molecule has 6 heteroatoms. The van der Waals surface area contributed by atoms with Crippen molar-refractivity contribution >= 4 is 17.3 Å². The van der Waals surface area contributed by atoms with Gasteiger partial charge in [0.15, 0.2) is 5.66 Å². The molecular formula is C26H36N4O2. The number of amides is 1. The van der Waals surface area contributed by atoms with Gasteiger partial charge in [0.1, 0.15) is 5.76 Å². The second-order valence-corrected chi connectivity index (χ2v) is 10.0. The van der Waals surface area contributed by atoms with Crippen LogP contribution in [-0.4, -0.2) is 17.1 Å². The highest BCUT2D eigenvalue weighted by atomic mass is 16.5. The summed E-state index contributed by atoms with van der Waals surface area (Å²) < 4.78 is 5.64. The lowest BCUT2D eigenvalue weighted by Gasteiger charge is -2.43. The summed E-state index contributed by atoms with van der Waals surface area (Å²) in [6.07, 6.45) is 11.6. The van der Waals surface area contributed by atoms with Crippen molar-refractivity contribution in [3.05, 3.63) is 41.3 Å². The third-order valence-corrected chi connectivity index (χ3v) is 7.84. The van der Waals surface area contributed by atoms with Gasteiger partial charge in [-0.1, -0.05) is 55.8 Å². The molecule has 5 rings (SSSR count). The zero-order chi connectivity index (χ0) is 22.1. The Labute approximate surface area is 190 Å². The van der Waals surface area contributed by atoms with Gasteiger partial charge in [-0.3, -0.25) is 4.79 Å². The fourth-order valence-corrected chi connectivity index (χ4v) is 6.41. The van der Waals surface area contributed by atoms with Gasteiger partial charge in [0, 0.05) is 6.04 Å². The first-order chi connectivity index (χ1) is 15.6. The number of hydrogen-bond acceptors (Lipinski definition) is 5. The molecular weight excluding hydrogens is 400 g/mol. The van der Waals surface area contributed by atoms with E-state index in [-0.39, 0.29) is 17.9 Å². The summed E-state index contributed by atoms with van der Waals surface area (Å²) >= 11 is 0. The molecule has 32 heavy (non-hydrogen) atoms. The van der Waals surface area contributed by atoms with Crippen LogP contribution in [0.5, 0.6) is 0 Å². The lowest BCUT2D eigenvalue weighted by atomic mass is 9.70. The Morgan fingerprint density at radius 3 is 2.16 bits per heavy atom. The average molecular weight is 437 g/mol. The normalized spacial score (nSPS) is 21.9. The summed E-state index contributed by atoms with van der Waals surface area (Å²) in [7, 11) is 0. The summed E-state index contributed by atoms with van der Waals surface area (Å²) in [5, 5.41) is 15.3. The standard InChI is InChI=1S/C26H36N4O2/c1-17-23(18(2)32-30-17)26(28-21-15-9-10-16-22(21)29-26)24(19-11-5-3-6-12-19)25(31)27-20-13-7-4-8-14-20/h9-10,15-16,19-20,24,28-29H,3-8,11-14H2,1-2H3,(H,27,31). The van der Waals surface area contributed by atoms with Gasteiger partial charge in [-0.25, -0.2) is 0 Å². The average Bonchev–Trinajstić information content (AvgIpc) is 3.35. The number of carbonyl (C=O) groups excluding carboxylic acids is 1. The van der Waals surface area contributed by atoms with Crippen molar-refractivity contribution in [2.75, 3.05) is 10.6 Å². The van der Waals surface area contributed by atoms with E-state index >= 15 is 0 Å². The van der Waals surface area contributed by atoms with E-state index in [1.165, 1.54) is 38.5 Å². The highest BCUT2D eigenvalue weighted by Gasteiger charge is 2.54. The van der Waals surface area contributed by atoms with Crippen molar-refractivity contribution < 1.29 is 9.32 Å². The molecule has 2 fully saturated rings. The van der Waals surface area contributed by atoms with E-state index < -0.39 is 5.66 Å². The quantitative estimate of drug-likeness (QED) is 0.566. The van der Waals surface area contributed by atoms with Crippen molar-refractivity contribution in [2.24, 2.45) is 11.8 Å². The van der Waals surface area contributed by atoms with E-state index in [9.17, 15) is 4.79 Å². The van der Waals surface area contributed by atoms with Crippen LogP contribution in [0.1, 0.15) is 81.2 Å². The third-order valence-electron chi connectivity index (χ3n) is 7.84. The largest absolute Gasteiger partial charge is 0.361 e. The highest BCUT2D eigenvalue weighted by Crippen LogP contribution is 2.50. The van der Waals surface area contributed by atoms with Gasteiger partial charge in [0.2, 0.25) is 5.91 Å². The van der Waals surface area contributed by atoms with Crippen molar-refractivity contribution in [3.63, 3.8) is 0 Å². The SMILES string of the molecule is Cc1noc(C)c1C1(C(C(=O)NC2CCCCC2)C2CCCCC2)Nc2ccccc2N1. The molecule has 2 heterocycles. The summed E-state index contributed by atoms with van der Waals surface area (Å²) in [5.74, 6) is 0.975. The summed E-state index contributed by atoms with van der Waals surface area (Å²) in [6.45, 7) is 3.94. The summed E-state index contributed by atoms with van der Waals surface area (Å²) in [4.78, 5) is 14.1. The van der Waals surface area contributed by atoms with E-state index in [2.05, 4.69) is 33.2 Å². The Balaban J connectivity index is 1.58. The van der Waals surface area contributed by atoms with E-state index in [0.29, 0.717) is 5.92 Å². The molecule has 2 aliphatic carbocycles. The highest BCUT2D eigenvalue weighted by molar-refractivity contribution is 5.86. The van der Waals surface area contributed by atoms with Gasteiger partial charge in [-0.2, -0.15) is 0 Å². The van der Waals surface area contributed by atoms with Crippen LogP contribution in [0.4, 0.5) is 11.4 Å². The summed E-state index contributed by atoms with van der Waals surface area (Å²) in [5.41, 5.74) is 3.10. The molecule has 0 radical (unpaired) electrons. The molecule has 3 N–H and O–H groups in total. The maximum absolute atomic E-state index is 14.1. The van der Waals surface area contributed by atoms with Gasteiger partial charge in [-0.05, 0) is 57.6 Å². The summed E-state index contributed by atoms with van der Waals surface area (Å²) in [6, 6.07) is 8.52. The van der Waals surface area contributed by atoms with Crippen LogP contribution in [0, 0.1) is 25.7 Å². The number of benzene rings is 1. The smallest absolute Gasteiger partial charge is 0.228 e. The van der Waals surface area contributed by atoms with Crippen LogP contribution < -0.4 is 16.0 Å². The first-order valence-electron chi connectivity index (χ1n) is 12.5. The molecule has 172 valence electrons. The van der Waals surface area contributed by atoms with E-state index in [1.54, 1.807) is 0 Å². The van der Waals surface area contributed by atoms with Gasteiger partial charge in [0.05, 0.1) is 28.6 Å². The third kappa shape index (κ3) is 3.78. The van der Waals surface area contributed by atoms with Gasteiger partial charge in [0.25, 0.3) is 0 Å². The van der Waals surface area contributed by atoms with Crippen LogP contribution in [-0.2, 0) is 10.5 Å². The molecule has 2 aromatic rings. The Morgan fingerprint density at radius 2 is 1.59 bits per heavy atom. The zero-order valence-corrected chi connectivity index (χ0v) is 19.4. The molecule has 1 aliphatic heterocycles. The van der Waals surface area contributed by atoms with Gasteiger partial charge >= 0.3 is 0 Å². The molecule has 2 saturated carbocycles. The van der Waals surface area contributed by atoms with E-state index in [0.717, 1.165) is 54.1 Å². The number of rotatable bonds is 5. The zero-order valence-electron chi connectivity index (χ0n) is 19.4. The van der Waals surface area contributed by atoms with Crippen molar-refractivity contribution in [3.8, 4) is 0 Å². The molecule has 0 bridgehead atoms. The van der Waals surface area contributed by atoms with E-state index in [1.807, 2.05) is 26.0 Å². The monoisotopic (exact) mass is 436 g/mol. The minimum absolute atomic E-state index is 0.164. The van der Waals surface area contributed by atoms with Crippen LogP contribution in [0.2, 0.25) is 0 Å². The Bertz CT molecular complexity index is 912. The molecule has 0 saturated heterocycles. The Morgan fingerprint density at radius 1 is 1.00 bits per heavy atom. The minimum Gasteiger partial charge on any atom is -0.361 e. The van der Waals surface area contributed by atoms with Crippen molar-refractivity contribution in [1.29, 1.82) is 0 Å². The molecule has 6 nitrogen and oxygen atoms in total. The lowest BCUT2D eigenvalue weighted by molar-refractivity contribution is -0.130.